The van der Waals surface area contributed by atoms with E-state index in [4.69, 9.17) is 4.74 Å². The number of aromatic nitrogens is 4. The van der Waals surface area contributed by atoms with Gasteiger partial charge in [-0.2, -0.15) is 4.98 Å². The molecule has 23 heavy (non-hydrogen) atoms. The predicted octanol–water partition coefficient (Wildman–Crippen LogP) is 2.59. The van der Waals surface area contributed by atoms with Crippen molar-refractivity contribution in [3.05, 3.63) is 63.8 Å². The van der Waals surface area contributed by atoms with Crippen molar-refractivity contribution in [1.82, 2.24) is 19.4 Å². The van der Waals surface area contributed by atoms with Gasteiger partial charge in [-0.1, -0.05) is 12.1 Å². The van der Waals surface area contributed by atoms with Crippen LogP contribution in [0.1, 0.15) is 11.5 Å². The van der Waals surface area contributed by atoms with E-state index in [2.05, 4.69) is 15.0 Å². The molecule has 6 nitrogen and oxygen atoms in total. The third kappa shape index (κ3) is 2.55. The summed E-state index contributed by atoms with van der Waals surface area (Å²) in [6.45, 7) is 2.01. The van der Waals surface area contributed by atoms with Gasteiger partial charge in [-0.25, -0.2) is 9.97 Å². The Morgan fingerprint density at radius 3 is 3.00 bits per heavy atom. The molecule has 3 aromatic heterocycles. The lowest BCUT2D eigenvalue weighted by Gasteiger charge is -2.08. The van der Waals surface area contributed by atoms with E-state index < -0.39 is 0 Å². The summed E-state index contributed by atoms with van der Waals surface area (Å²) in [4.78, 5) is 25.8. The molecule has 1 aromatic carbocycles. The molecule has 0 radical (unpaired) electrons. The van der Waals surface area contributed by atoms with Crippen LogP contribution in [0.3, 0.4) is 0 Å². The minimum atomic E-state index is -0.112. The fourth-order valence-electron chi connectivity index (χ4n) is 2.37. The molecule has 0 unspecified atom stereocenters. The first-order chi connectivity index (χ1) is 11.2. The fraction of sp³-hybridized carbons (Fsp3) is 0.125. The van der Waals surface area contributed by atoms with Crippen LogP contribution < -0.4 is 10.3 Å². The van der Waals surface area contributed by atoms with Crippen LogP contribution in [0.5, 0.6) is 5.88 Å². The number of para-hydroxylation sites is 1. The van der Waals surface area contributed by atoms with Crippen molar-refractivity contribution in [1.29, 1.82) is 0 Å². The van der Waals surface area contributed by atoms with Crippen LogP contribution in [0.25, 0.3) is 15.9 Å². The summed E-state index contributed by atoms with van der Waals surface area (Å²) < 4.78 is 7.32. The number of benzene rings is 1. The Morgan fingerprint density at radius 2 is 2.09 bits per heavy atom. The van der Waals surface area contributed by atoms with Crippen molar-refractivity contribution in [3.8, 4) is 5.88 Å². The van der Waals surface area contributed by atoms with E-state index in [9.17, 15) is 4.79 Å². The largest absolute Gasteiger partial charge is 0.471 e. The molecule has 0 aliphatic rings. The van der Waals surface area contributed by atoms with Gasteiger partial charge in [-0.05, 0) is 19.1 Å². The first-order valence-electron chi connectivity index (χ1n) is 7.03. The summed E-state index contributed by atoms with van der Waals surface area (Å²) in [5, 5.41) is 2.67. The highest BCUT2D eigenvalue weighted by atomic mass is 32.1. The lowest BCUT2D eigenvalue weighted by Crippen LogP contribution is -2.14. The number of ether oxygens (including phenoxy) is 1. The number of hydrogen-bond donors (Lipinski definition) is 0. The molecule has 0 aliphatic carbocycles. The Labute approximate surface area is 135 Å². The maximum Gasteiger partial charge on any atom is 0.258 e. The van der Waals surface area contributed by atoms with Gasteiger partial charge in [-0.3, -0.25) is 9.20 Å². The molecule has 0 aliphatic heterocycles. The summed E-state index contributed by atoms with van der Waals surface area (Å²) in [6.07, 6.45) is 1.71. The van der Waals surface area contributed by atoms with E-state index in [1.807, 2.05) is 36.6 Å². The third-order valence-corrected chi connectivity index (χ3v) is 4.15. The van der Waals surface area contributed by atoms with Crippen molar-refractivity contribution in [2.24, 2.45) is 0 Å². The molecular formula is C16H12N4O2S. The Balaban J connectivity index is 1.69. The summed E-state index contributed by atoms with van der Waals surface area (Å²) in [5.41, 5.74) is 1.30. The molecule has 0 atom stereocenters. The zero-order valence-corrected chi connectivity index (χ0v) is 13.1. The normalized spacial score (nSPS) is 11.2. The average molecular weight is 324 g/mol. The second-order valence-electron chi connectivity index (χ2n) is 5.02. The van der Waals surface area contributed by atoms with Crippen LogP contribution in [-0.2, 0) is 6.61 Å². The van der Waals surface area contributed by atoms with Crippen molar-refractivity contribution >= 4 is 27.2 Å². The number of rotatable bonds is 3. The highest BCUT2D eigenvalue weighted by molar-refractivity contribution is 7.15. The summed E-state index contributed by atoms with van der Waals surface area (Å²) in [5.74, 6) is 1.14. The Hall–Kier alpha value is -2.80. The van der Waals surface area contributed by atoms with Gasteiger partial charge in [0.15, 0.2) is 4.96 Å². The van der Waals surface area contributed by atoms with Gasteiger partial charge < -0.3 is 4.74 Å². The first kappa shape index (κ1) is 13.8. The number of nitrogens with zero attached hydrogens (tertiary/aromatic N) is 4. The Kier molecular flexibility index (Phi) is 3.27. The zero-order chi connectivity index (χ0) is 15.8. The molecule has 4 aromatic rings. The standard InChI is InChI=1S/C16H12N4O2S/c1-10-17-13-5-3-2-4-12(13)15(18-10)22-9-11-8-14(21)20-6-7-23-16(20)19-11/h2-8H,9H2,1H3. The third-order valence-electron chi connectivity index (χ3n) is 3.39. The van der Waals surface area contributed by atoms with Gasteiger partial charge >= 0.3 is 0 Å². The smallest absolute Gasteiger partial charge is 0.258 e. The van der Waals surface area contributed by atoms with Crippen molar-refractivity contribution in [2.45, 2.75) is 13.5 Å². The minimum Gasteiger partial charge on any atom is -0.471 e. The Morgan fingerprint density at radius 1 is 1.22 bits per heavy atom. The lowest BCUT2D eigenvalue weighted by molar-refractivity contribution is 0.292. The monoisotopic (exact) mass is 324 g/mol. The highest BCUT2D eigenvalue weighted by Crippen LogP contribution is 2.22. The van der Waals surface area contributed by atoms with Gasteiger partial charge in [0.05, 0.1) is 16.6 Å². The zero-order valence-electron chi connectivity index (χ0n) is 12.3. The van der Waals surface area contributed by atoms with Gasteiger partial charge in [0.2, 0.25) is 5.88 Å². The van der Waals surface area contributed by atoms with Gasteiger partial charge in [0, 0.05) is 17.6 Å². The molecule has 0 amide bonds. The quantitative estimate of drug-likeness (QED) is 0.579. The van der Waals surface area contributed by atoms with E-state index in [0.29, 0.717) is 22.4 Å². The summed E-state index contributed by atoms with van der Waals surface area (Å²) in [7, 11) is 0. The summed E-state index contributed by atoms with van der Waals surface area (Å²) in [6, 6.07) is 9.14. The topological polar surface area (TPSA) is 69.4 Å². The van der Waals surface area contributed by atoms with Crippen molar-refractivity contribution in [2.75, 3.05) is 0 Å². The average Bonchev–Trinajstić information content (AvgIpc) is 3.01. The van der Waals surface area contributed by atoms with Crippen LogP contribution in [0.2, 0.25) is 0 Å². The van der Waals surface area contributed by atoms with Gasteiger partial charge in [0.25, 0.3) is 5.56 Å². The SMILES string of the molecule is Cc1nc(OCc2cc(=O)n3ccsc3n2)c2ccccc2n1. The van der Waals surface area contributed by atoms with Crippen LogP contribution >= 0.6 is 11.3 Å². The number of fused-ring (bicyclic) bond motifs is 2. The molecule has 7 heteroatoms. The van der Waals surface area contributed by atoms with Crippen molar-refractivity contribution < 1.29 is 4.74 Å². The van der Waals surface area contributed by atoms with E-state index >= 15 is 0 Å². The van der Waals surface area contributed by atoms with Gasteiger partial charge in [-0.15, -0.1) is 11.3 Å². The summed E-state index contributed by atoms with van der Waals surface area (Å²) >= 11 is 1.41. The molecule has 0 fully saturated rings. The maximum atomic E-state index is 12.0. The molecule has 0 saturated carbocycles. The lowest BCUT2D eigenvalue weighted by atomic mass is 10.2. The van der Waals surface area contributed by atoms with E-state index in [1.165, 1.54) is 21.8 Å². The molecule has 0 bridgehead atoms. The molecular weight excluding hydrogens is 312 g/mol. The highest BCUT2D eigenvalue weighted by Gasteiger charge is 2.09. The second-order valence-corrected chi connectivity index (χ2v) is 5.90. The molecule has 114 valence electrons. The maximum absolute atomic E-state index is 12.0. The Bertz CT molecular complexity index is 1070. The van der Waals surface area contributed by atoms with Crippen LogP contribution in [0.4, 0.5) is 0 Å². The molecule has 0 N–H and O–H groups in total. The minimum absolute atomic E-state index is 0.112. The fourth-order valence-corrected chi connectivity index (χ4v) is 3.11. The van der Waals surface area contributed by atoms with Crippen LogP contribution in [0.15, 0.2) is 46.7 Å². The number of hydrogen-bond acceptors (Lipinski definition) is 6. The van der Waals surface area contributed by atoms with Crippen LogP contribution in [-0.4, -0.2) is 19.4 Å². The van der Waals surface area contributed by atoms with Crippen molar-refractivity contribution in [3.63, 3.8) is 0 Å². The molecule has 4 rings (SSSR count). The van der Waals surface area contributed by atoms with Gasteiger partial charge in [0.1, 0.15) is 12.4 Å². The first-order valence-corrected chi connectivity index (χ1v) is 7.91. The molecule has 0 saturated heterocycles. The second kappa shape index (κ2) is 5.44. The van der Waals surface area contributed by atoms with E-state index in [0.717, 1.165) is 10.9 Å². The predicted molar refractivity (Wildman–Crippen MR) is 87.9 cm³/mol. The molecule has 3 heterocycles. The number of thiazole rings is 1. The number of aryl methyl sites for hydroxylation is 1. The van der Waals surface area contributed by atoms with Crippen LogP contribution in [0, 0.1) is 6.92 Å². The molecule has 0 spiro atoms. The van der Waals surface area contributed by atoms with E-state index in [-0.39, 0.29) is 12.2 Å². The van der Waals surface area contributed by atoms with E-state index in [1.54, 1.807) is 6.20 Å².